The van der Waals surface area contributed by atoms with Crippen molar-refractivity contribution in [1.82, 2.24) is 19.7 Å². The lowest BCUT2D eigenvalue weighted by atomic mass is 9.76. The standard InChI is InChI=1S/C30H30ClN5O/c1-18-13-22(19(2)33-26-9-10-27(31)34-28(26)21-16-32-35(3)17-21)24-15-30(36(4)29(37)23(24)14-18)12-11-20-7-5-6-8-25(20)30/h5-10,13-14,16-17,19,33H,11-12,15H2,1-4H3. The largest absolute Gasteiger partial charge is 0.377 e. The minimum Gasteiger partial charge on any atom is -0.377 e. The van der Waals surface area contributed by atoms with Crippen molar-refractivity contribution >= 4 is 23.2 Å². The summed E-state index contributed by atoms with van der Waals surface area (Å²) in [7, 11) is 3.85. The molecule has 2 aromatic carbocycles. The molecule has 1 aliphatic carbocycles. The number of anilines is 1. The zero-order valence-corrected chi connectivity index (χ0v) is 22.3. The van der Waals surface area contributed by atoms with Crippen LogP contribution in [0.25, 0.3) is 11.3 Å². The van der Waals surface area contributed by atoms with Gasteiger partial charge < -0.3 is 10.2 Å². The van der Waals surface area contributed by atoms with Crippen LogP contribution in [0.4, 0.5) is 5.69 Å². The van der Waals surface area contributed by atoms with Gasteiger partial charge in [-0.25, -0.2) is 4.98 Å². The van der Waals surface area contributed by atoms with E-state index in [9.17, 15) is 4.79 Å². The Labute approximate surface area is 222 Å². The van der Waals surface area contributed by atoms with E-state index in [2.05, 4.69) is 59.6 Å². The Kier molecular flexibility index (Phi) is 5.60. The summed E-state index contributed by atoms with van der Waals surface area (Å²) in [6.07, 6.45) is 6.45. The van der Waals surface area contributed by atoms with E-state index in [-0.39, 0.29) is 17.5 Å². The fourth-order valence-electron chi connectivity index (χ4n) is 6.23. The molecule has 1 N–H and O–H groups in total. The number of benzene rings is 2. The fraction of sp³-hybridized carbons (Fsp3) is 0.300. The number of pyridine rings is 1. The van der Waals surface area contributed by atoms with Crippen LogP contribution in [0.5, 0.6) is 0 Å². The molecule has 0 fully saturated rings. The SMILES string of the molecule is Cc1cc2c(c(C(C)Nc3ccc(Cl)nc3-c3cnn(C)c3)c1)CC1(CCc3ccccc31)N(C)C2=O. The Bertz CT molecular complexity index is 1540. The van der Waals surface area contributed by atoms with Crippen molar-refractivity contribution in [2.45, 2.75) is 44.7 Å². The van der Waals surface area contributed by atoms with Gasteiger partial charge in [0.15, 0.2) is 0 Å². The summed E-state index contributed by atoms with van der Waals surface area (Å²) < 4.78 is 1.75. The average molecular weight is 512 g/mol. The minimum absolute atomic E-state index is 0.0584. The van der Waals surface area contributed by atoms with Crippen LogP contribution < -0.4 is 5.32 Å². The quantitative estimate of drug-likeness (QED) is 0.337. The molecular formula is C30H30ClN5O. The topological polar surface area (TPSA) is 63.1 Å². The molecule has 6 rings (SSSR count). The Balaban J connectivity index is 1.43. The number of amides is 1. The van der Waals surface area contributed by atoms with Gasteiger partial charge in [-0.05, 0) is 72.7 Å². The molecule has 6 nitrogen and oxygen atoms in total. The predicted molar refractivity (Wildman–Crippen MR) is 147 cm³/mol. The van der Waals surface area contributed by atoms with Crippen molar-refractivity contribution < 1.29 is 4.79 Å². The van der Waals surface area contributed by atoms with Gasteiger partial charge in [-0.2, -0.15) is 5.10 Å². The van der Waals surface area contributed by atoms with Crippen LogP contribution in [0, 0.1) is 6.92 Å². The lowest BCUT2D eigenvalue weighted by Gasteiger charge is -2.45. The molecule has 2 unspecified atom stereocenters. The normalized spacial score (nSPS) is 19.2. The molecule has 0 saturated heterocycles. The highest BCUT2D eigenvalue weighted by Gasteiger charge is 2.48. The van der Waals surface area contributed by atoms with Crippen LogP contribution in [0.1, 0.15) is 57.6 Å². The zero-order valence-electron chi connectivity index (χ0n) is 21.5. The van der Waals surface area contributed by atoms with Gasteiger partial charge in [0.2, 0.25) is 0 Å². The summed E-state index contributed by atoms with van der Waals surface area (Å²) in [5, 5.41) is 8.42. The number of rotatable bonds is 4. The van der Waals surface area contributed by atoms with Crippen LogP contribution in [0.3, 0.4) is 0 Å². The molecule has 2 atom stereocenters. The van der Waals surface area contributed by atoms with E-state index in [0.29, 0.717) is 5.15 Å². The molecule has 0 radical (unpaired) electrons. The highest BCUT2D eigenvalue weighted by molar-refractivity contribution is 6.29. The Morgan fingerprint density at radius 3 is 2.73 bits per heavy atom. The predicted octanol–water partition coefficient (Wildman–Crippen LogP) is 6.09. The second-order valence-corrected chi connectivity index (χ2v) is 10.8. The number of carbonyl (C=O) groups excluding carboxylic acids is 1. The van der Waals surface area contributed by atoms with Gasteiger partial charge in [-0.15, -0.1) is 0 Å². The fourth-order valence-corrected chi connectivity index (χ4v) is 6.38. The third-order valence-electron chi connectivity index (χ3n) is 8.08. The second kappa shape index (κ2) is 8.73. The molecule has 1 spiro atoms. The number of hydrogen-bond acceptors (Lipinski definition) is 4. The zero-order chi connectivity index (χ0) is 25.9. The van der Waals surface area contributed by atoms with Crippen molar-refractivity contribution in [1.29, 1.82) is 0 Å². The first-order valence-corrected chi connectivity index (χ1v) is 13.1. The van der Waals surface area contributed by atoms with Crippen molar-refractivity contribution in [2.24, 2.45) is 7.05 Å². The Hall–Kier alpha value is -3.64. The highest BCUT2D eigenvalue weighted by Crippen LogP contribution is 2.48. The number of carbonyl (C=O) groups is 1. The van der Waals surface area contributed by atoms with Gasteiger partial charge in [0.25, 0.3) is 5.91 Å². The molecule has 37 heavy (non-hydrogen) atoms. The van der Waals surface area contributed by atoms with E-state index in [1.165, 1.54) is 11.1 Å². The van der Waals surface area contributed by atoms with Crippen molar-refractivity contribution in [3.8, 4) is 11.3 Å². The third kappa shape index (κ3) is 3.82. The molecule has 2 aliphatic rings. The summed E-state index contributed by atoms with van der Waals surface area (Å²) in [5.74, 6) is 0.0966. The number of aryl methyl sites for hydroxylation is 3. The number of fused-ring (bicyclic) bond motifs is 3. The highest BCUT2D eigenvalue weighted by atomic mass is 35.5. The van der Waals surface area contributed by atoms with E-state index >= 15 is 0 Å². The monoisotopic (exact) mass is 511 g/mol. The van der Waals surface area contributed by atoms with Crippen molar-refractivity contribution in [2.75, 3.05) is 12.4 Å². The molecule has 4 aromatic rings. The Morgan fingerprint density at radius 2 is 1.95 bits per heavy atom. The van der Waals surface area contributed by atoms with E-state index < -0.39 is 0 Å². The Morgan fingerprint density at radius 1 is 1.14 bits per heavy atom. The van der Waals surface area contributed by atoms with Gasteiger partial charge in [-0.1, -0.05) is 41.9 Å². The summed E-state index contributed by atoms with van der Waals surface area (Å²) in [6.45, 7) is 4.21. The summed E-state index contributed by atoms with van der Waals surface area (Å²) in [4.78, 5) is 20.4. The van der Waals surface area contributed by atoms with E-state index in [1.807, 2.05) is 37.3 Å². The minimum atomic E-state index is -0.312. The number of nitrogens with one attached hydrogen (secondary N) is 1. The molecule has 2 aromatic heterocycles. The molecule has 3 heterocycles. The molecule has 7 heteroatoms. The van der Waals surface area contributed by atoms with Gasteiger partial charge >= 0.3 is 0 Å². The number of aromatic nitrogens is 3. The van der Waals surface area contributed by atoms with Crippen molar-refractivity contribution in [3.05, 3.63) is 99.5 Å². The smallest absolute Gasteiger partial charge is 0.254 e. The second-order valence-electron chi connectivity index (χ2n) is 10.4. The average Bonchev–Trinajstić information content (AvgIpc) is 3.48. The summed E-state index contributed by atoms with van der Waals surface area (Å²) in [6, 6.07) is 16.6. The van der Waals surface area contributed by atoms with Crippen LogP contribution >= 0.6 is 11.6 Å². The maximum absolute atomic E-state index is 13.8. The number of halogens is 1. The van der Waals surface area contributed by atoms with Gasteiger partial charge in [0, 0.05) is 43.9 Å². The summed E-state index contributed by atoms with van der Waals surface area (Å²) in [5.41, 5.74) is 9.01. The number of likely N-dealkylation sites (N-methyl/N-ethyl adjacent to an activating group) is 1. The molecular weight excluding hydrogens is 482 g/mol. The molecule has 0 bridgehead atoms. The van der Waals surface area contributed by atoms with E-state index in [4.69, 9.17) is 11.6 Å². The lowest BCUT2D eigenvalue weighted by Crippen LogP contribution is -2.51. The maximum Gasteiger partial charge on any atom is 0.254 e. The molecule has 188 valence electrons. The van der Waals surface area contributed by atoms with E-state index in [1.54, 1.807) is 16.9 Å². The van der Waals surface area contributed by atoms with Crippen LogP contribution in [0.2, 0.25) is 5.15 Å². The molecule has 0 saturated carbocycles. The first-order valence-electron chi connectivity index (χ1n) is 12.7. The first-order chi connectivity index (χ1) is 17.8. The molecule has 1 amide bonds. The lowest BCUT2D eigenvalue weighted by molar-refractivity contribution is 0.0503. The molecule has 1 aliphatic heterocycles. The van der Waals surface area contributed by atoms with Gasteiger partial charge in [0.1, 0.15) is 5.15 Å². The van der Waals surface area contributed by atoms with Crippen molar-refractivity contribution in [3.63, 3.8) is 0 Å². The third-order valence-corrected chi connectivity index (χ3v) is 8.29. The van der Waals surface area contributed by atoms with E-state index in [0.717, 1.165) is 58.5 Å². The summed E-state index contributed by atoms with van der Waals surface area (Å²) >= 11 is 6.27. The van der Waals surface area contributed by atoms with Crippen LogP contribution in [0.15, 0.2) is 60.9 Å². The number of nitrogens with zero attached hydrogens (tertiary/aromatic N) is 4. The van der Waals surface area contributed by atoms with Gasteiger partial charge in [-0.3, -0.25) is 9.48 Å². The first kappa shape index (κ1) is 23.7. The van der Waals surface area contributed by atoms with Crippen LogP contribution in [-0.2, 0) is 25.4 Å². The van der Waals surface area contributed by atoms with Crippen LogP contribution in [-0.4, -0.2) is 32.6 Å². The number of hydrogen-bond donors (Lipinski definition) is 1. The van der Waals surface area contributed by atoms with Gasteiger partial charge in [0.05, 0.1) is 23.1 Å². The maximum atomic E-state index is 13.8.